The van der Waals surface area contributed by atoms with Crippen molar-refractivity contribution in [2.45, 2.75) is 12.1 Å². The number of aliphatic hydroxyl groups excluding tert-OH is 1. The number of fused-ring (bicyclic) bond motifs is 1. The molecule has 1 aromatic heterocycles. The zero-order valence-corrected chi connectivity index (χ0v) is 15.5. The number of anilines is 1. The Labute approximate surface area is 160 Å². The van der Waals surface area contributed by atoms with Gasteiger partial charge in [0.1, 0.15) is 24.5 Å². The van der Waals surface area contributed by atoms with E-state index < -0.39 is 36.5 Å². The van der Waals surface area contributed by atoms with E-state index in [0.717, 1.165) is 28.0 Å². The van der Waals surface area contributed by atoms with Crippen LogP contribution in [0.5, 0.6) is 0 Å². The van der Waals surface area contributed by atoms with Gasteiger partial charge in [0.15, 0.2) is 10.8 Å². The fourth-order valence-electron chi connectivity index (χ4n) is 2.78. The lowest BCUT2D eigenvalue weighted by atomic mass is 9.94. The Kier molecular flexibility index (Phi) is 5.34. The molecule has 2 aliphatic heterocycles. The van der Waals surface area contributed by atoms with Crippen molar-refractivity contribution in [2.24, 2.45) is 5.16 Å². The number of nitrogen functional groups attached to an aromatic ring is 1. The molecule has 0 bridgehead atoms. The van der Waals surface area contributed by atoms with Gasteiger partial charge in [-0.3, -0.25) is 14.5 Å². The first-order valence-electron chi connectivity index (χ1n) is 7.55. The normalized spacial score (nSPS) is 22.2. The molecule has 144 valence electrons. The topological polar surface area (TPSA) is 167 Å². The molecule has 13 heteroatoms. The Hall–Kier alpha value is -2.64. The number of β-lactam (4-membered cyclic amide) rings is 1. The van der Waals surface area contributed by atoms with Crippen LogP contribution < -0.4 is 11.1 Å². The van der Waals surface area contributed by atoms with Crippen molar-refractivity contribution in [1.29, 1.82) is 0 Å². The molecule has 0 aliphatic carbocycles. The van der Waals surface area contributed by atoms with E-state index in [1.54, 1.807) is 0 Å². The highest BCUT2D eigenvalue weighted by Gasteiger charge is 2.54. The van der Waals surface area contributed by atoms with Crippen LogP contribution in [-0.2, 0) is 19.2 Å². The Morgan fingerprint density at radius 2 is 2.30 bits per heavy atom. The SMILES string of the molecule is CON=C(C(=O)NC1C(=O)N2C(C(=O)O)=C(CO)SCC12)c1csc(N)n1. The van der Waals surface area contributed by atoms with Gasteiger partial charge in [-0.25, -0.2) is 9.78 Å². The summed E-state index contributed by atoms with van der Waals surface area (Å²) in [6.45, 7) is -0.476. The van der Waals surface area contributed by atoms with Crippen LogP contribution >= 0.6 is 23.1 Å². The number of nitrogens with zero attached hydrogens (tertiary/aromatic N) is 3. The number of oxime groups is 1. The van der Waals surface area contributed by atoms with Gasteiger partial charge in [0.05, 0.1) is 12.6 Å². The first-order valence-corrected chi connectivity index (χ1v) is 9.42. The molecule has 11 nitrogen and oxygen atoms in total. The molecule has 0 radical (unpaired) electrons. The first kappa shape index (κ1) is 19.1. The molecule has 2 unspecified atom stereocenters. The number of carboxylic acid groups (broad SMARTS) is 1. The lowest BCUT2D eigenvalue weighted by molar-refractivity contribution is -0.153. The molecule has 5 N–H and O–H groups in total. The zero-order chi connectivity index (χ0) is 19.7. The summed E-state index contributed by atoms with van der Waals surface area (Å²) in [6, 6.07) is -1.46. The lowest BCUT2D eigenvalue weighted by Crippen LogP contribution is -2.73. The van der Waals surface area contributed by atoms with E-state index in [-0.39, 0.29) is 27.1 Å². The highest BCUT2D eigenvalue weighted by Crippen LogP contribution is 2.38. The second-order valence-electron chi connectivity index (χ2n) is 5.47. The Morgan fingerprint density at radius 1 is 1.56 bits per heavy atom. The Balaban J connectivity index is 1.79. The van der Waals surface area contributed by atoms with E-state index in [4.69, 9.17) is 5.73 Å². The van der Waals surface area contributed by atoms with Crippen molar-refractivity contribution in [3.8, 4) is 0 Å². The number of nitrogens with one attached hydrogen (secondary N) is 1. The number of carbonyl (C=O) groups excluding carboxylic acids is 2. The predicted octanol–water partition coefficient (Wildman–Crippen LogP) is -1.19. The quantitative estimate of drug-likeness (QED) is 0.254. The minimum atomic E-state index is -1.31. The van der Waals surface area contributed by atoms with Gasteiger partial charge < -0.3 is 26.1 Å². The third kappa shape index (κ3) is 3.36. The summed E-state index contributed by atoms with van der Waals surface area (Å²) in [4.78, 5) is 46.4. The van der Waals surface area contributed by atoms with Gasteiger partial charge in [-0.15, -0.1) is 23.1 Å². The average Bonchev–Trinajstić information content (AvgIpc) is 3.08. The molecule has 2 amide bonds. The number of aliphatic carboxylic acids is 1. The number of nitrogens with two attached hydrogens (primary N) is 1. The molecular formula is C14H15N5O6S2. The summed E-state index contributed by atoms with van der Waals surface area (Å²) in [5, 5.41) is 26.6. The molecular weight excluding hydrogens is 398 g/mol. The molecule has 1 aromatic rings. The molecule has 0 spiro atoms. The van der Waals surface area contributed by atoms with Gasteiger partial charge in [-0.1, -0.05) is 5.16 Å². The molecule has 1 fully saturated rings. The molecule has 27 heavy (non-hydrogen) atoms. The highest BCUT2D eigenvalue weighted by atomic mass is 32.2. The van der Waals surface area contributed by atoms with Crippen LogP contribution in [0, 0.1) is 0 Å². The maximum Gasteiger partial charge on any atom is 0.353 e. The average molecular weight is 413 g/mol. The van der Waals surface area contributed by atoms with Crippen molar-refractivity contribution >= 4 is 51.7 Å². The number of carboxylic acids is 1. The molecule has 3 rings (SSSR count). The molecule has 0 saturated carbocycles. The monoisotopic (exact) mass is 413 g/mol. The minimum absolute atomic E-state index is 0.148. The molecule has 2 aliphatic rings. The predicted molar refractivity (Wildman–Crippen MR) is 96.8 cm³/mol. The van der Waals surface area contributed by atoms with Crippen molar-refractivity contribution in [3.63, 3.8) is 0 Å². The minimum Gasteiger partial charge on any atom is -0.477 e. The molecule has 2 atom stereocenters. The van der Waals surface area contributed by atoms with Crippen LogP contribution in [0.1, 0.15) is 5.69 Å². The third-order valence-corrected chi connectivity index (χ3v) is 5.80. The van der Waals surface area contributed by atoms with E-state index in [1.807, 2.05) is 0 Å². The van der Waals surface area contributed by atoms with Gasteiger partial charge >= 0.3 is 5.97 Å². The number of amides is 2. The lowest BCUT2D eigenvalue weighted by Gasteiger charge is -2.49. The fourth-order valence-corrected chi connectivity index (χ4v) is 4.46. The Bertz CT molecular complexity index is 866. The number of rotatable bonds is 6. The van der Waals surface area contributed by atoms with Crippen LogP contribution in [-0.4, -0.2) is 75.1 Å². The van der Waals surface area contributed by atoms with Crippen molar-refractivity contribution < 1.29 is 29.4 Å². The summed E-state index contributed by atoms with van der Waals surface area (Å²) in [6.07, 6.45) is 0. The molecule has 1 saturated heterocycles. The summed E-state index contributed by atoms with van der Waals surface area (Å²) < 4.78 is 0. The highest BCUT2D eigenvalue weighted by molar-refractivity contribution is 8.03. The van der Waals surface area contributed by atoms with Crippen LogP contribution in [0.3, 0.4) is 0 Å². The standard InChI is InChI=1S/C14H15N5O6S2/c1-25-18-8(5-3-27-14(15)16-5)11(21)17-9-6-4-26-7(2-20)10(13(23)24)19(6)12(9)22/h3,6,9,20H,2,4H2,1H3,(H2,15,16)(H,17,21)(H,23,24). The van der Waals surface area contributed by atoms with Crippen molar-refractivity contribution in [1.82, 2.24) is 15.2 Å². The van der Waals surface area contributed by atoms with E-state index in [2.05, 4.69) is 20.3 Å². The van der Waals surface area contributed by atoms with Crippen LogP contribution in [0.25, 0.3) is 0 Å². The van der Waals surface area contributed by atoms with Crippen molar-refractivity contribution in [2.75, 3.05) is 25.2 Å². The second-order valence-corrected chi connectivity index (χ2v) is 7.47. The fraction of sp³-hybridized carbons (Fsp3) is 0.357. The van der Waals surface area contributed by atoms with Gasteiger partial charge in [0.25, 0.3) is 11.8 Å². The number of thiazole rings is 1. The van der Waals surface area contributed by atoms with Crippen LogP contribution in [0.2, 0.25) is 0 Å². The summed E-state index contributed by atoms with van der Waals surface area (Å²) >= 11 is 2.25. The van der Waals surface area contributed by atoms with Crippen LogP contribution in [0.4, 0.5) is 5.13 Å². The van der Waals surface area contributed by atoms with E-state index in [9.17, 15) is 24.6 Å². The van der Waals surface area contributed by atoms with E-state index >= 15 is 0 Å². The van der Waals surface area contributed by atoms with Crippen LogP contribution in [0.15, 0.2) is 21.1 Å². The number of thioether (sulfide) groups is 1. The second kappa shape index (κ2) is 7.54. The number of aliphatic hydroxyl groups is 1. The maximum atomic E-state index is 12.6. The summed E-state index contributed by atoms with van der Waals surface area (Å²) in [7, 11) is 1.26. The van der Waals surface area contributed by atoms with Crippen molar-refractivity contribution in [3.05, 3.63) is 21.7 Å². The summed E-state index contributed by atoms with van der Waals surface area (Å²) in [5.74, 6) is -2.25. The number of aromatic nitrogens is 1. The first-order chi connectivity index (χ1) is 12.9. The zero-order valence-electron chi connectivity index (χ0n) is 13.9. The van der Waals surface area contributed by atoms with Gasteiger partial charge in [0.2, 0.25) is 0 Å². The Morgan fingerprint density at radius 3 is 2.85 bits per heavy atom. The number of hydrogen-bond acceptors (Lipinski definition) is 10. The maximum absolute atomic E-state index is 12.6. The van der Waals surface area contributed by atoms with Gasteiger partial charge in [-0.05, 0) is 0 Å². The molecule has 3 heterocycles. The largest absolute Gasteiger partial charge is 0.477 e. The van der Waals surface area contributed by atoms with Gasteiger partial charge in [0, 0.05) is 16.0 Å². The number of carbonyl (C=O) groups is 3. The van der Waals surface area contributed by atoms with Gasteiger partial charge in [-0.2, -0.15) is 0 Å². The smallest absolute Gasteiger partial charge is 0.353 e. The van der Waals surface area contributed by atoms with E-state index in [0.29, 0.717) is 5.75 Å². The van der Waals surface area contributed by atoms with E-state index in [1.165, 1.54) is 12.5 Å². The molecule has 0 aromatic carbocycles. The number of hydrogen-bond donors (Lipinski definition) is 4. The third-order valence-electron chi connectivity index (χ3n) is 3.95. The summed E-state index contributed by atoms with van der Waals surface area (Å²) in [5.41, 5.74) is 5.36.